The first-order chi connectivity index (χ1) is 10.0. The van der Waals surface area contributed by atoms with Crippen LogP contribution in [0.3, 0.4) is 0 Å². The van der Waals surface area contributed by atoms with Crippen LogP contribution < -0.4 is 14.8 Å². The molecule has 7 nitrogen and oxygen atoms in total. The molecule has 0 aliphatic carbocycles. The second-order valence-electron chi connectivity index (χ2n) is 4.62. The molecule has 0 unspecified atom stereocenters. The minimum absolute atomic E-state index is 0.00562. The van der Waals surface area contributed by atoms with Gasteiger partial charge in [0.2, 0.25) is 5.82 Å². The summed E-state index contributed by atoms with van der Waals surface area (Å²) in [5, 5.41) is 6.49. The number of ether oxygens (including phenoxy) is 2. The fourth-order valence-electron chi connectivity index (χ4n) is 1.73. The van der Waals surface area contributed by atoms with Crippen LogP contribution in [0.4, 0.5) is 0 Å². The highest BCUT2D eigenvalue weighted by molar-refractivity contribution is 5.90. The number of benzene rings is 1. The summed E-state index contributed by atoms with van der Waals surface area (Å²) in [4.78, 5) is 15.8. The van der Waals surface area contributed by atoms with Crippen LogP contribution in [0, 0.1) is 0 Å². The van der Waals surface area contributed by atoms with Crippen molar-refractivity contribution < 1.29 is 18.8 Å². The molecule has 1 N–H and O–H groups in total. The van der Waals surface area contributed by atoms with Crippen molar-refractivity contribution in [1.29, 1.82) is 0 Å². The Bertz CT molecular complexity index is 637. The summed E-state index contributed by atoms with van der Waals surface area (Å²) in [7, 11) is 3.10. The monoisotopic (exact) mass is 291 g/mol. The lowest BCUT2D eigenvalue weighted by atomic mass is 10.2. The number of nitrogens with one attached hydrogen (secondary N) is 1. The topological polar surface area (TPSA) is 86.5 Å². The molecule has 0 saturated carbocycles. The fourth-order valence-corrected chi connectivity index (χ4v) is 1.73. The fraction of sp³-hybridized carbons (Fsp3) is 0.357. The number of amides is 1. The van der Waals surface area contributed by atoms with E-state index in [1.165, 1.54) is 0 Å². The zero-order chi connectivity index (χ0) is 15.4. The number of nitrogens with zero attached hydrogens (tertiary/aromatic N) is 2. The van der Waals surface area contributed by atoms with Gasteiger partial charge >= 0.3 is 11.8 Å². The predicted molar refractivity (Wildman–Crippen MR) is 75.4 cm³/mol. The first-order valence-electron chi connectivity index (χ1n) is 6.42. The SMILES string of the molecule is COc1ccc(-c2noc(C(=O)NC(C)C)n2)cc1OC. The summed E-state index contributed by atoms with van der Waals surface area (Å²) >= 11 is 0. The van der Waals surface area contributed by atoms with Gasteiger partial charge in [-0.05, 0) is 32.0 Å². The van der Waals surface area contributed by atoms with E-state index < -0.39 is 5.91 Å². The molecule has 0 aliphatic rings. The molecule has 1 heterocycles. The van der Waals surface area contributed by atoms with Gasteiger partial charge in [0, 0.05) is 11.6 Å². The van der Waals surface area contributed by atoms with Gasteiger partial charge in [0.05, 0.1) is 14.2 Å². The third kappa shape index (κ3) is 3.31. The first kappa shape index (κ1) is 14.8. The highest BCUT2D eigenvalue weighted by Gasteiger charge is 2.17. The average molecular weight is 291 g/mol. The predicted octanol–water partition coefficient (Wildman–Crippen LogP) is 1.89. The first-order valence-corrected chi connectivity index (χ1v) is 6.42. The smallest absolute Gasteiger partial charge is 0.316 e. The standard InChI is InChI=1S/C14H17N3O4/c1-8(2)15-13(18)14-16-12(17-21-14)9-5-6-10(19-3)11(7-9)20-4/h5-8H,1-4H3,(H,15,18). The van der Waals surface area contributed by atoms with Crippen molar-refractivity contribution in [2.45, 2.75) is 19.9 Å². The average Bonchev–Trinajstić information content (AvgIpc) is 2.95. The van der Waals surface area contributed by atoms with Crippen molar-refractivity contribution >= 4 is 5.91 Å². The molecule has 0 aliphatic heterocycles. The van der Waals surface area contributed by atoms with E-state index in [0.29, 0.717) is 22.9 Å². The Morgan fingerprint density at radius 3 is 2.57 bits per heavy atom. The third-order valence-corrected chi connectivity index (χ3v) is 2.68. The van der Waals surface area contributed by atoms with Crippen LogP contribution in [-0.2, 0) is 0 Å². The third-order valence-electron chi connectivity index (χ3n) is 2.68. The van der Waals surface area contributed by atoms with Crippen molar-refractivity contribution in [3.8, 4) is 22.9 Å². The van der Waals surface area contributed by atoms with Crippen LogP contribution in [0.15, 0.2) is 22.7 Å². The Morgan fingerprint density at radius 1 is 1.24 bits per heavy atom. The Hall–Kier alpha value is -2.57. The zero-order valence-electron chi connectivity index (χ0n) is 12.3. The zero-order valence-corrected chi connectivity index (χ0v) is 12.3. The molecule has 0 saturated heterocycles. The molecule has 0 bridgehead atoms. The van der Waals surface area contributed by atoms with E-state index in [1.807, 2.05) is 13.8 Å². The van der Waals surface area contributed by atoms with Crippen LogP contribution in [0.5, 0.6) is 11.5 Å². The molecular formula is C14H17N3O4. The molecule has 0 radical (unpaired) electrons. The number of carbonyl (C=O) groups is 1. The molecule has 1 aromatic carbocycles. The van der Waals surface area contributed by atoms with Crippen LogP contribution >= 0.6 is 0 Å². The molecular weight excluding hydrogens is 274 g/mol. The lowest BCUT2D eigenvalue weighted by molar-refractivity contribution is 0.0899. The van der Waals surface area contributed by atoms with E-state index in [-0.39, 0.29) is 11.9 Å². The number of aromatic nitrogens is 2. The van der Waals surface area contributed by atoms with Crippen molar-refractivity contribution in [2.75, 3.05) is 14.2 Å². The van der Waals surface area contributed by atoms with Crippen molar-refractivity contribution in [2.24, 2.45) is 0 Å². The van der Waals surface area contributed by atoms with Gasteiger partial charge in [-0.15, -0.1) is 0 Å². The quantitative estimate of drug-likeness (QED) is 0.905. The van der Waals surface area contributed by atoms with Gasteiger partial charge in [-0.3, -0.25) is 4.79 Å². The van der Waals surface area contributed by atoms with Gasteiger partial charge in [0.25, 0.3) is 0 Å². The van der Waals surface area contributed by atoms with E-state index in [1.54, 1.807) is 32.4 Å². The molecule has 0 atom stereocenters. The van der Waals surface area contributed by atoms with Crippen molar-refractivity contribution in [3.05, 3.63) is 24.1 Å². The molecule has 2 rings (SSSR count). The van der Waals surface area contributed by atoms with Crippen molar-refractivity contribution in [1.82, 2.24) is 15.5 Å². The molecule has 21 heavy (non-hydrogen) atoms. The maximum atomic E-state index is 11.8. The number of hydrogen-bond donors (Lipinski definition) is 1. The summed E-state index contributed by atoms with van der Waals surface area (Å²) in [5.41, 5.74) is 0.667. The minimum atomic E-state index is -0.399. The van der Waals surface area contributed by atoms with Gasteiger partial charge in [-0.25, -0.2) is 0 Å². The highest BCUT2D eigenvalue weighted by Crippen LogP contribution is 2.31. The molecule has 1 amide bonds. The second kappa shape index (κ2) is 6.25. The Labute approximate surface area is 122 Å². The lowest BCUT2D eigenvalue weighted by Gasteiger charge is -2.07. The van der Waals surface area contributed by atoms with Crippen LogP contribution in [-0.4, -0.2) is 36.3 Å². The van der Waals surface area contributed by atoms with Gasteiger partial charge in [0.15, 0.2) is 11.5 Å². The van der Waals surface area contributed by atoms with E-state index in [4.69, 9.17) is 14.0 Å². The lowest BCUT2D eigenvalue weighted by Crippen LogP contribution is -2.30. The minimum Gasteiger partial charge on any atom is -0.493 e. The van der Waals surface area contributed by atoms with Gasteiger partial charge in [0.1, 0.15) is 0 Å². The highest BCUT2D eigenvalue weighted by atomic mass is 16.5. The molecule has 0 spiro atoms. The van der Waals surface area contributed by atoms with E-state index in [2.05, 4.69) is 15.5 Å². The largest absolute Gasteiger partial charge is 0.493 e. The summed E-state index contributed by atoms with van der Waals surface area (Å²) < 4.78 is 15.3. The molecule has 0 fully saturated rings. The Balaban J connectivity index is 2.27. The van der Waals surface area contributed by atoms with E-state index >= 15 is 0 Å². The van der Waals surface area contributed by atoms with E-state index in [9.17, 15) is 4.79 Å². The second-order valence-corrected chi connectivity index (χ2v) is 4.62. The maximum Gasteiger partial charge on any atom is 0.316 e. The van der Waals surface area contributed by atoms with Gasteiger partial charge < -0.3 is 19.3 Å². The van der Waals surface area contributed by atoms with E-state index in [0.717, 1.165) is 0 Å². The summed E-state index contributed by atoms with van der Waals surface area (Å²) in [6.07, 6.45) is 0. The Kier molecular flexibility index (Phi) is 4.42. The van der Waals surface area contributed by atoms with Crippen LogP contribution in [0.2, 0.25) is 0 Å². The normalized spacial score (nSPS) is 10.5. The number of carbonyl (C=O) groups excluding carboxylic acids is 1. The number of rotatable bonds is 5. The summed E-state index contributed by atoms with van der Waals surface area (Å²) in [6.45, 7) is 3.70. The molecule has 1 aromatic heterocycles. The molecule has 7 heteroatoms. The summed E-state index contributed by atoms with van der Waals surface area (Å²) in [6, 6.07) is 5.21. The maximum absolute atomic E-state index is 11.8. The molecule has 2 aromatic rings. The van der Waals surface area contributed by atoms with Crippen molar-refractivity contribution in [3.63, 3.8) is 0 Å². The Morgan fingerprint density at radius 2 is 1.95 bits per heavy atom. The van der Waals surface area contributed by atoms with Gasteiger partial charge in [-0.1, -0.05) is 5.16 Å². The summed E-state index contributed by atoms with van der Waals surface area (Å²) in [5.74, 6) is 0.984. The van der Waals surface area contributed by atoms with Crippen LogP contribution in [0.1, 0.15) is 24.5 Å². The van der Waals surface area contributed by atoms with Gasteiger partial charge in [-0.2, -0.15) is 4.98 Å². The van der Waals surface area contributed by atoms with Crippen LogP contribution in [0.25, 0.3) is 11.4 Å². The number of hydrogen-bond acceptors (Lipinski definition) is 6. The molecule has 112 valence electrons. The number of methoxy groups -OCH3 is 2.